The summed E-state index contributed by atoms with van der Waals surface area (Å²) in [6.45, 7) is 0. The number of nitrogens with one attached hydrogen (secondary N) is 3. The van der Waals surface area contributed by atoms with Crippen LogP contribution in [0.25, 0.3) is 0 Å². The average Bonchev–Trinajstić information content (AvgIpc) is 2.66. The molecule has 11 nitrogen and oxygen atoms in total. The van der Waals surface area contributed by atoms with E-state index in [1.165, 1.54) is 13.1 Å². The minimum absolute atomic E-state index is 0.159. The molecule has 28 heavy (non-hydrogen) atoms. The fourth-order valence-corrected chi connectivity index (χ4v) is 2.37. The van der Waals surface area contributed by atoms with Gasteiger partial charge in [-0.1, -0.05) is 6.07 Å². The van der Waals surface area contributed by atoms with E-state index in [9.17, 15) is 29.8 Å². The van der Waals surface area contributed by atoms with Crippen molar-refractivity contribution in [1.29, 1.82) is 0 Å². The van der Waals surface area contributed by atoms with E-state index in [1.54, 1.807) is 18.2 Å². The maximum Gasteiger partial charge on any atom is 0.277 e. The van der Waals surface area contributed by atoms with Crippen molar-refractivity contribution in [2.45, 2.75) is 0 Å². The summed E-state index contributed by atoms with van der Waals surface area (Å²) >= 11 is 5.01. The lowest BCUT2D eigenvalue weighted by molar-refractivity contribution is -0.394. The van der Waals surface area contributed by atoms with Crippen LogP contribution in [0.2, 0.25) is 0 Å². The number of benzene rings is 2. The van der Waals surface area contributed by atoms with E-state index in [-0.39, 0.29) is 16.6 Å². The van der Waals surface area contributed by atoms with Crippen LogP contribution in [0.5, 0.6) is 0 Å². The third-order valence-corrected chi connectivity index (χ3v) is 3.63. The number of thiocarbonyl (C=S) groups is 1. The fourth-order valence-electron chi connectivity index (χ4n) is 2.16. The summed E-state index contributed by atoms with van der Waals surface area (Å²) in [6.07, 6.45) is 0. The highest BCUT2D eigenvalue weighted by atomic mass is 32.1. The highest BCUT2D eigenvalue weighted by Crippen LogP contribution is 2.22. The molecule has 3 N–H and O–H groups in total. The number of nitrogens with zero attached hydrogens (tertiary/aromatic N) is 2. The van der Waals surface area contributed by atoms with Crippen molar-refractivity contribution in [3.8, 4) is 0 Å². The molecule has 0 saturated heterocycles. The Labute approximate surface area is 163 Å². The van der Waals surface area contributed by atoms with Gasteiger partial charge in [0.25, 0.3) is 23.2 Å². The SMILES string of the molecule is CNC(=O)c1cccc(NC(=S)NC(=O)c2cc([N+](=O)[O-])cc([N+](=O)[O-])c2)c1. The number of anilines is 1. The summed E-state index contributed by atoms with van der Waals surface area (Å²) < 4.78 is 0. The van der Waals surface area contributed by atoms with Gasteiger partial charge >= 0.3 is 0 Å². The molecule has 0 fully saturated rings. The van der Waals surface area contributed by atoms with Gasteiger partial charge < -0.3 is 10.6 Å². The number of nitro groups is 2. The molecule has 2 aromatic rings. The first-order chi connectivity index (χ1) is 13.2. The second-order valence-electron chi connectivity index (χ2n) is 5.32. The van der Waals surface area contributed by atoms with Crippen LogP contribution in [0.15, 0.2) is 42.5 Å². The van der Waals surface area contributed by atoms with Gasteiger partial charge in [-0.3, -0.25) is 35.1 Å². The lowest BCUT2D eigenvalue weighted by Crippen LogP contribution is -2.34. The average molecular weight is 403 g/mol. The third-order valence-electron chi connectivity index (χ3n) is 3.42. The van der Waals surface area contributed by atoms with Crippen molar-refractivity contribution in [3.63, 3.8) is 0 Å². The maximum atomic E-state index is 12.3. The van der Waals surface area contributed by atoms with Crippen molar-refractivity contribution in [2.24, 2.45) is 0 Å². The summed E-state index contributed by atoms with van der Waals surface area (Å²) in [6, 6.07) is 8.82. The number of hydrogen-bond donors (Lipinski definition) is 3. The van der Waals surface area contributed by atoms with E-state index < -0.39 is 27.1 Å². The Hall–Kier alpha value is -3.93. The summed E-state index contributed by atoms with van der Waals surface area (Å²) in [7, 11) is 1.48. The van der Waals surface area contributed by atoms with Crippen LogP contribution in [0.4, 0.5) is 17.1 Å². The van der Waals surface area contributed by atoms with E-state index >= 15 is 0 Å². The summed E-state index contributed by atoms with van der Waals surface area (Å²) in [4.78, 5) is 44.0. The Bertz CT molecular complexity index is 961. The Morgan fingerprint density at radius 2 is 1.54 bits per heavy atom. The molecule has 12 heteroatoms. The van der Waals surface area contributed by atoms with Crippen LogP contribution in [-0.4, -0.2) is 33.8 Å². The van der Waals surface area contributed by atoms with E-state index in [4.69, 9.17) is 12.2 Å². The van der Waals surface area contributed by atoms with Crippen molar-refractivity contribution in [1.82, 2.24) is 10.6 Å². The van der Waals surface area contributed by atoms with Crippen LogP contribution in [0.3, 0.4) is 0 Å². The number of carbonyl (C=O) groups excluding carboxylic acids is 2. The number of non-ortho nitro benzene ring substituents is 2. The Morgan fingerprint density at radius 3 is 2.07 bits per heavy atom. The molecule has 0 bridgehead atoms. The number of nitro benzene ring substituents is 2. The van der Waals surface area contributed by atoms with Crippen LogP contribution < -0.4 is 16.0 Å². The molecule has 144 valence electrons. The summed E-state index contributed by atoms with van der Waals surface area (Å²) in [5, 5.41) is 29.1. The molecule has 0 aliphatic heterocycles. The highest BCUT2D eigenvalue weighted by molar-refractivity contribution is 7.80. The molecule has 2 rings (SSSR count). The van der Waals surface area contributed by atoms with E-state index in [2.05, 4.69) is 16.0 Å². The molecule has 0 aliphatic rings. The zero-order chi connectivity index (χ0) is 20.8. The topological polar surface area (TPSA) is 157 Å². The lowest BCUT2D eigenvalue weighted by Gasteiger charge is -2.10. The number of rotatable bonds is 5. The Balaban J connectivity index is 2.16. The molecule has 0 aliphatic carbocycles. The number of hydrogen-bond acceptors (Lipinski definition) is 7. The van der Waals surface area contributed by atoms with Crippen molar-refractivity contribution < 1.29 is 19.4 Å². The zero-order valence-electron chi connectivity index (χ0n) is 14.3. The van der Waals surface area contributed by atoms with E-state index in [1.807, 2.05) is 0 Å². The molecule has 0 radical (unpaired) electrons. The van der Waals surface area contributed by atoms with E-state index in [0.717, 1.165) is 18.2 Å². The molecule has 0 heterocycles. The highest BCUT2D eigenvalue weighted by Gasteiger charge is 2.20. The van der Waals surface area contributed by atoms with Crippen molar-refractivity contribution in [2.75, 3.05) is 12.4 Å². The molecular formula is C16H13N5O6S. The third kappa shape index (κ3) is 5.04. The monoisotopic (exact) mass is 403 g/mol. The first-order valence-corrected chi connectivity index (χ1v) is 8.00. The second kappa shape index (κ2) is 8.64. The molecule has 2 aromatic carbocycles. The van der Waals surface area contributed by atoms with Crippen molar-refractivity contribution in [3.05, 3.63) is 73.8 Å². The molecule has 0 spiro atoms. The lowest BCUT2D eigenvalue weighted by atomic mass is 10.1. The quantitative estimate of drug-likeness (QED) is 0.389. The first kappa shape index (κ1) is 20.4. The minimum Gasteiger partial charge on any atom is -0.355 e. The number of carbonyl (C=O) groups is 2. The van der Waals surface area contributed by atoms with Gasteiger partial charge in [-0.05, 0) is 30.4 Å². The predicted molar refractivity (Wildman–Crippen MR) is 103 cm³/mol. The van der Waals surface area contributed by atoms with Gasteiger partial charge in [0.1, 0.15) is 0 Å². The Kier molecular flexibility index (Phi) is 6.29. The van der Waals surface area contributed by atoms with Gasteiger partial charge in [-0.25, -0.2) is 0 Å². The van der Waals surface area contributed by atoms with Crippen LogP contribution in [-0.2, 0) is 0 Å². The molecule has 0 aromatic heterocycles. The number of amides is 2. The molecule has 0 saturated carbocycles. The van der Waals surface area contributed by atoms with Crippen LogP contribution in [0, 0.1) is 20.2 Å². The first-order valence-electron chi connectivity index (χ1n) is 7.59. The van der Waals surface area contributed by atoms with Crippen molar-refractivity contribution >= 4 is 46.2 Å². The normalized spacial score (nSPS) is 9.89. The standard InChI is InChI=1S/C16H13N5O6S/c1-17-14(22)9-3-2-4-11(5-9)18-16(28)19-15(23)10-6-12(20(24)25)8-13(7-10)21(26)27/h2-8H,1H3,(H,17,22)(H2,18,19,23,28). The second-order valence-corrected chi connectivity index (χ2v) is 5.73. The molecule has 2 amide bonds. The van der Waals surface area contributed by atoms with Crippen LogP contribution in [0.1, 0.15) is 20.7 Å². The van der Waals surface area contributed by atoms with Gasteiger partial charge in [0.05, 0.1) is 21.5 Å². The smallest absolute Gasteiger partial charge is 0.277 e. The summed E-state index contributed by atoms with van der Waals surface area (Å²) in [5.41, 5.74) is -0.732. The molecule has 0 unspecified atom stereocenters. The molecule has 0 atom stereocenters. The van der Waals surface area contributed by atoms with E-state index in [0.29, 0.717) is 11.3 Å². The van der Waals surface area contributed by atoms with Gasteiger partial charge in [0, 0.05) is 30.4 Å². The van der Waals surface area contributed by atoms with Crippen LogP contribution >= 0.6 is 12.2 Å². The van der Waals surface area contributed by atoms with Gasteiger partial charge in [-0.2, -0.15) is 0 Å². The fraction of sp³-hybridized carbons (Fsp3) is 0.0625. The zero-order valence-corrected chi connectivity index (χ0v) is 15.1. The largest absolute Gasteiger partial charge is 0.355 e. The minimum atomic E-state index is -0.869. The van der Waals surface area contributed by atoms with Gasteiger partial charge in [0.2, 0.25) is 0 Å². The Morgan fingerprint density at radius 1 is 0.929 bits per heavy atom. The molecular weight excluding hydrogens is 390 g/mol. The van der Waals surface area contributed by atoms with Gasteiger partial charge in [-0.15, -0.1) is 0 Å². The summed E-state index contributed by atoms with van der Waals surface area (Å²) in [5.74, 6) is -1.19. The predicted octanol–water partition coefficient (Wildman–Crippen LogP) is 1.99. The van der Waals surface area contributed by atoms with Gasteiger partial charge in [0.15, 0.2) is 5.11 Å². The maximum absolute atomic E-state index is 12.3.